The largest absolute Gasteiger partial charge is 0.481 e. The third-order valence-electron chi connectivity index (χ3n) is 5.86. The Hall–Kier alpha value is -3.75. The number of hydrogen-bond donors (Lipinski definition) is 1. The topological polar surface area (TPSA) is 83.4 Å². The molecule has 1 N–H and O–H groups in total. The van der Waals surface area contributed by atoms with Gasteiger partial charge in [-0.1, -0.05) is 12.1 Å². The number of benzene rings is 1. The first-order valence-corrected chi connectivity index (χ1v) is 11.3. The van der Waals surface area contributed by atoms with E-state index >= 15 is 0 Å². The summed E-state index contributed by atoms with van der Waals surface area (Å²) in [6.07, 6.45) is 1.78. The number of amides is 1. The lowest BCUT2D eigenvalue weighted by Crippen LogP contribution is -2.34. The van der Waals surface area contributed by atoms with Gasteiger partial charge in [-0.2, -0.15) is 13.2 Å². The van der Waals surface area contributed by atoms with Crippen molar-refractivity contribution in [3.05, 3.63) is 83.4 Å². The van der Waals surface area contributed by atoms with Crippen LogP contribution in [0.4, 0.5) is 13.2 Å². The number of aromatic nitrogens is 2. The Morgan fingerprint density at radius 3 is 2.54 bits per heavy atom. The first-order chi connectivity index (χ1) is 16.7. The first kappa shape index (κ1) is 24.4. The molecule has 4 rings (SSSR count). The Kier molecular flexibility index (Phi) is 7.14. The molecule has 1 saturated carbocycles. The van der Waals surface area contributed by atoms with E-state index in [0.29, 0.717) is 35.2 Å². The van der Waals surface area contributed by atoms with Crippen LogP contribution in [0.5, 0.6) is 0 Å². The van der Waals surface area contributed by atoms with Crippen LogP contribution >= 0.6 is 0 Å². The van der Waals surface area contributed by atoms with Crippen LogP contribution in [0.25, 0.3) is 11.1 Å². The van der Waals surface area contributed by atoms with Crippen molar-refractivity contribution < 1.29 is 27.9 Å². The minimum Gasteiger partial charge on any atom is -0.481 e. The SMILES string of the molecule is O=C(O)Cc1cncc(-c2ccc(C(F)(F)F)cc2CN(CCc2ccccn2)C(=O)C2CC2)c1. The molecule has 2 heterocycles. The van der Waals surface area contributed by atoms with E-state index < -0.39 is 17.7 Å². The molecule has 1 aromatic carbocycles. The molecule has 1 amide bonds. The van der Waals surface area contributed by atoms with Crippen LogP contribution < -0.4 is 0 Å². The van der Waals surface area contributed by atoms with Gasteiger partial charge in [-0.05, 0) is 59.9 Å². The standard InChI is InChI=1S/C26H24F3N3O3/c27-26(28,29)21-6-7-23(19-11-17(12-24(33)34)14-30-15-19)20(13-21)16-32(25(35)18-4-5-18)10-8-22-3-1-2-9-31-22/h1-3,6-7,9,11,13-15,18H,4-5,8,10,12,16H2,(H,33,34). The summed E-state index contributed by atoms with van der Waals surface area (Å²) in [6.45, 7) is 0.309. The Balaban J connectivity index is 1.69. The minimum absolute atomic E-state index is 0.00935. The number of carboxylic acids is 1. The van der Waals surface area contributed by atoms with Crippen LogP contribution in [-0.2, 0) is 35.2 Å². The molecule has 2 aromatic heterocycles. The van der Waals surface area contributed by atoms with E-state index in [-0.39, 0.29) is 24.8 Å². The van der Waals surface area contributed by atoms with Gasteiger partial charge >= 0.3 is 12.1 Å². The number of rotatable bonds is 9. The van der Waals surface area contributed by atoms with Crippen molar-refractivity contribution in [2.75, 3.05) is 6.54 Å². The van der Waals surface area contributed by atoms with E-state index in [1.54, 1.807) is 23.2 Å². The Bertz CT molecular complexity index is 1210. The molecule has 0 spiro atoms. The maximum atomic E-state index is 13.5. The molecular formula is C26H24F3N3O3. The molecule has 0 radical (unpaired) electrons. The van der Waals surface area contributed by atoms with Gasteiger partial charge in [0.1, 0.15) is 0 Å². The average Bonchev–Trinajstić information content (AvgIpc) is 3.66. The van der Waals surface area contributed by atoms with Gasteiger partial charge in [0.15, 0.2) is 0 Å². The van der Waals surface area contributed by atoms with Crippen LogP contribution in [0, 0.1) is 5.92 Å². The normalized spacial score (nSPS) is 13.5. The van der Waals surface area contributed by atoms with Gasteiger partial charge in [0.2, 0.25) is 5.91 Å². The van der Waals surface area contributed by atoms with E-state index in [2.05, 4.69) is 9.97 Å². The Morgan fingerprint density at radius 2 is 1.89 bits per heavy atom. The minimum atomic E-state index is -4.55. The van der Waals surface area contributed by atoms with Crippen LogP contribution in [0.2, 0.25) is 0 Å². The molecule has 182 valence electrons. The highest BCUT2D eigenvalue weighted by Crippen LogP contribution is 2.36. The van der Waals surface area contributed by atoms with Gasteiger partial charge in [0.25, 0.3) is 0 Å². The monoisotopic (exact) mass is 483 g/mol. The van der Waals surface area contributed by atoms with Crippen molar-refractivity contribution in [2.45, 2.75) is 38.4 Å². The number of hydrogen-bond acceptors (Lipinski definition) is 4. The van der Waals surface area contributed by atoms with E-state index in [9.17, 15) is 22.8 Å². The number of pyridine rings is 2. The summed E-state index contributed by atoms with van der Waals surface area (Å²) >= 11 is 0. The third kappa shape index (κ3) is 6.44. The lowest BCUT2D eigenvalue weighted by Gasteiger charge is -2.25. The molecule has 0 bridgehead atoms. The number of nitrogens with zero attached hydrogens (tertiary/aromatic N) is 3. The van der Waals surface area contributed by atoms with Crippen molar-refractivity contribution in [1.29, 1.82) is 0 Å². The van der Waals surface area contributed by atoms with Crippen LogP contribution in [-0.4, -0.2) is 38.4 Å². The number of carbonyl (C=O) groups is 2. The number of carboxylic acid groups (broad SMARTS) is 1. The summed E-state index contributed by atoms with van der Waals surface area (Å²) in [5.41, 5.74) is 1.71. The van der Waals surface area contributed by atoms with Gasteiger partial charge < -0.3 is 10.0 Å². The highest BCUT2D eigenvalue weighted by Gasteiger charge is 2.35. The molecule has 0 aliphatic heterocycles. The number of carbonyl (C=O) groups excluding carboxylic acids is 1. The van der Waals surface area contributed by atoms with Gasteiger partial charge in [-0.15, -0.1) is 0 Å². The van der Waals surface area contributed by atoms with Gasteiger partial charge in [-0.3, -0.25) is 19.6 Å². The molecule has 1 fully saturated rings. The predicted octanol–water partition coefficient (Wildman–Crippen LogP) is 4.77. The zero-order chi connectivity index (χ0) is 25.0. The molecular weight excluding hydrogens is 459 g/mol. The lowest BCUT2D eigenvalue weighted by atomic mass is 9.96. The fourth-order valence-corrected chi connectivity index (χ4v) is 3.95. The molecule has 1 aliphatic rings. The quantitative estimate of drug-likeness (QED) is 0.474. The fourth-order valence-electron chi connectivity index (χ4n) is 3.95. The van der Waals surface area contributed by atoms with Crippen LogP contribution in [0.3, 0.4) is 0 Å². The zero-order valence-corrected chi connectivity index (χ0v) is 18.8. The van der Waals surface area contributed by atoms with Crippen molar-refractivity contribution in [3.8, 4) is 11.1 Å². The van der Waals surface area contributed by atoms with Crippen molar-refractivity contribution in [1.82, 2.24) is 14.9 Å². The fraction of sp³-hybridized carbons (Fsp3) is 0.308. The molecule has 3 aromatic rings. The number of halogens is 3. The smallest absolute Gasteiger partial charge is 0.416 e. The first-order valence-electron chi connectivity index (χ1n) is 11.3. The van der Waals surface area contributed by atoms with E-state index in [1.807, 2.05) is 12.1 Å². The zero-order valence-electron chi connectivity index (χ0n) is 18.8. The number of alkyl halides is 3. The van der Waals surface area contributed by atoms with Crippen molar-refractivity contribution in [2.24, 2.45) is 5.92 Å². The predicted molar refractivity (Wildman–Crippen MR) is 122 cm³/mol. The van der Waals surface area contributed by atoms with E-state index in [0.717, 1.165) is 30.7 Å². The summed E-state index contributed by atoms with van der Waals surface area (Å²) in [5.74, 6) is -1.22. The molecule has 0 unspecified atom stereocenters. The Labute approximate surface area is 200 Å². The maximum Gasteiger partial charge on any atom is 0.416 e. The summed E-state index contributed by atoms with van der Waals surface area (Å²) in [7, 11) is 0. The number of aliphatic carboxylic acids is 1. The lowest BCUT2D eigenvalue weighted by molar-refractivity contribution is -0.138. The summed E-state index contributed by atoms with van der Waals surface area (Å²) in [4.78, 5) is 34.1. The van der Waals surface area contributed by atoms with E-state index in [4.69, 9.17) is 5.11 Å². The van der Waals surface area contributed by atoms with Crippen LogP contribution in [0.1, 0.15) is 35.2 Å². The molecule has 6 nitrogen and oxygen atoms in total. The molecule has 1 aliphatic carbocycles. The molecule has 9 heteroatoms. The van der Waals surface area contributed by atoms with E-state index in [1.165, 1.54) is 18.5 Å². The van der Waals surface area contributed by atoms with Gasteiger partial charge in [-0.25, -0.2) is 0 Å². The maximum absolute atomic E-state index is 13.5. The summed E-state index contributed by atoms with van der Waals surface area (Å²) < 4.78 is 40.6. The highest BCUT2D eigenvalue weighted by molar-refractivity contribution is 5.81. The summed E-state index contributed by atoms with van der Waals surface area (Å²) in [5, 5.41) is 9.10. The van der Waals surface area contributed by atoms with Gasteiger partial charge in [0, 0.05) is 55.3 Å². The van der Waals surface area contributed by atoms with Crippen LogP contribution in [0.15, 0.2) is 61.1 Å². The third-order valence-corrected chi connectivity index (χ3v) is 5.86. The molecule has 0 saturated heterocycles. The highest BCUT2D eigenvalue weighted by atomic mass is 19.4. The summed E-state index contributed by atoms with van der Waals surface area (Å²) in [6, 6.07) is 10.5. The molecule has 0 atom stereocenters. The second-order valence-corrected chi connectivity index (χ2v) is 8.63. The van der Waals surface area contributed by atoms with Crippen molar-refractivity contribution >= 4 is 11.9 Å². The second kappa shape index (κ2) is 10.2. The van der Waals surface area contributed by atoms with Crippen molar-refractivity contribution in [3.63, 3.8) is 0 Å². The molecule has 35 heavy (non-hydrogen) atoms. The average molecular weight is 483 g/mol. The Morgan fingerprint density at radius 1 is 1.09 bits per heavy atom. The van der Waals surface area contributed by atoms with Gasteiger partial charge in [0.05, 0.1) is 12.0 Å². The second-order valence-electron chi connectivity index (χ2n) is 8.63.